The van der Waals surface area contributed by atoms with Gasteiger partial charge in [0.15, 0.2) is 0 Å². The molecule has 2 saturated carbocycles. The Bertz CT molecular complexity index is 1200. The number of rotatable bonds is 4. The van der Waals surface area contributed by atoms with Crippen molar-refractivity contribution in [3.63, 3.8) is 0 Å². The molecule has 0 radical (unpaired) electrons. The Hall–Kier alpha value is -2.72. The van der Waals surface area contributed by atoms with Crippen molar-refractivity contribution in [1.82, 2.24) is 14.4 Å². The van der Waals surface area contributed by atoms with Crippen LogP contribution in [0.4, 0.5) is 0 Å². The third-order valence-electron chi connectivity index (χ3n) is 7.27. The van der Waals surface area contributed by atoms with E-state index >= 15 is 0 Å². The monoisotopic (exact) mass is 397 g/mol. The van der Waals surface area contributed by atoms with Crippen LogP contribution in [0.15, 0.2) is 61.2 Å². The van der Waals surface area contributed by atoms with Crippen molar-refractivity contribution >= 4 is 16.4 Å². The largest absolute Gasteiger partial charge is 0.387 e. The van der Waals surface area contributed by atoms with Crippen molar-refractivity contribution in [3.8, 4) is 0 Å². The van der Waals surface area contributed by atoms with Crippen LogP contribution in [-0.2, 0) is 0 Å². The number of fused-ring (bicyclic) bond motifs is 2. The quantitative estimate of drug-likeness (QED) is 0.476. The molecular weight excluding hydrogens is 370 g/mol. The van der Waals surface area contributed by atoms with Gasteiger partial charge in [-0.1, -0.05) is 24.3 Å². The minimum absolute atomic E-state index is 0.310. The average Bonchev–Trinajstić information content (AvgIpc) is 3.54. The molecule has 0 aliphatic heterocycles. The van der Waals surface area contributed by atoms with E-state index < -0.39 is 6.10 Å². The van der Waals surface area contributed by atoms with Crippen molar-refractivity contribution in [3.05, 3.63) is 78.0 Å². The van der Waals surface area contributed by atoms with Crippen LogP contribution in [0.1, 0.15) is 73.3 Å². The number of aromatic nitrogens is 3. The zero-order valence-corrected chi connectivity index (χ0v) is 17.1. The van der Waals surface area contributed by atoms with Gasteiger partial charge >= 0.3 is 0 Å². The van der Waals surface area contributed by atoms with Crippen LogP contribution in [0.2, 0.25) is 0 Å². The first-order valence-electron chi connectivity index (χ1n) is 11.3. The van der Waals surface area contributed by atoms with Gasteiger partial charge in [-0.2, -0.15) is 0 Å². The fraction of sp³-hybridized carbons (Fsp3) is 0.385. The molecular formula is C26H27N3O. The van der Waals surface area contributed by atoms with E-state index in [0.717, 1.165) is 42.4 Å². The highest BCUT2D eigenvalue weighted by Gasteiger charge is 2.34. The number of imidazole rings is 1. The first kappa shape index (κ1) is 18.1. The van der Waals surface area contributed by atoms with Gasteiger partial charge in [0.25, 0.3) is 0 Å². The first-order valence-corrected chi connectivity index (χ1v) is 11.3. The molecule has 152 valence electrons. The highest BCUT2D eigenvalue weighted by Crippen LogP contribution is 2.47. The first-order chi connectivity index (χ1) is 14.8. The Morgan fingerprint density at radius 2 is 1.77 bits per heavy atom. The number of pyridine rings is 2. The molecule has 4 nitrogen and oxygen atoms in total. The van der Waals surface area contributed by atoms with E-state index in [-0.39, 0.29) is 0 Å². The van der Waals surface area contributed by atoms with E-state index in [9.17, 15) is 5.11 Å². The van der Waals surface area contributed by atoms with E-state index in [4.69, 9.17) is 0 Å². The molecule has 4 heteroatoms. The van der Waals surface area contributed by atoms with Crippen LogP contribution >= 0.6 is 0 Å². The second kappa shape index (κ2) is 7.21. The second-order valence-corrected chi connectivity index (χ2v) is 9.15. The van der Waals surface area contributed by atoms with Crippen LogP contribution < -0.4 is 0 Å². The van der Waals surface area contributed by atoms with Crippen molar-refractivity contribution in [2.75, 3.05) is 0 Å². The summed E-state index contributed by atoms with van der Waals surface area (Å²) in [7, 11) is 0. The Morgan fingerprint density at radius 1 is 0.933 bits per heavy atom. The zero-order chi connectivity index (χ0) is 20.1. The predicted molar refractivity (Wildman–Crippen MR) is 119 cm³/mol. The molecule has 4 aromatic rings. The summed E-state index contributed by atoms with van der Waals surface area (Å²) in [5.74, 6) is 1.49. The predicted octanol–water partition coefficient (Wildman–Crippen LogP) is 5.77. The molecule has 0 saturated heterocycles. The van der Waals surface area contributed by atoms with Gasteiger partial charge in [0.2, 0.25) is 0 Å². The third-order valence-corrected chi connectivity index (χ3v) is 7.27. The normalized spacial score (nSPS) is 23.1. The number of hydrogen-bond donors (Lipinski definition) is 1. The third kappa shape index (κ3) is 3.10. The van der Waals surface area contributed by atoms with Gasteiger partial charge in [-0.05, 0) is 85.6 Å². The summed E-state index contributed by atoms with van der Waals surface area (Å²) >= 11 is 0. The number of hydrogen-bond acceptors (Lipinski definition) is 3. The standard InChI is InChI=1S/C26H27N3O/c30-26(25-23(18-5-6-18)12-11-22-15-27-16-29(22)25)20-8-3-17(4-9-20)21-10-7-19-2-1-13-28-24(19)14-21/h1-2,7,10-18,20,26,30H,3-6,8-9H2/t17-,20-,26-/m0/s1. The Balaban J connectivity index is 1.24. The molecule has 0 unspecified atom stereocenters. The van der Waals surface area contributed by atoms with E-state index in [0.29, 0.717) is 17.8 Å². The second-order valence-electron chi connectivity index (χ2n) is 9.15. The molecule has 2 fully saturated rings. The maximum absolute atomic E-state index is 11.5. The van der Waals surface area contributed by atoms with Gasteiger partial charge in [-0.15, -0.1) is 0 Å². The van der Waals surface area contributed by atoms with Gasteiger partial charge < -0.3 is 9.51 Å². The average molecular weight is 398 g/mol. The van der Waals surface area contributed by atoms with Crippen molar-refractivity contribution in [2.45, 2.75) is 56.5 Å². The van der Waals surface area contributed by atoms with E-state index in [2.05, 4.69) is 50.8 Å². The summed E-state index contributed by atoms with van der Waals surface area (Å²) in [6.07, 6.45) is 12.0. The van der Waals surface area contributed by atoms with Gasteiger partial charge in [0.1, 0.15) is 0 Å². The molecule has 1 atom stereocenters. The summed E-state index contributed by atoms with van der Waals surface area (Å²) in [6.45, 7) is 0. The summed E-state index contributed by atoms with van der Waals surface area (Å²) in [4.78, 5) is 8.86. The SMILES string of the molecule is O[C@H](c1c(C2CC2)ccc2cncn12)[C@H]1CC[C@H](c2ccc3cccnc3c2)CC1. The molecule has 2 aliphatic rings. The lowest BCUT2D eigenvalue weighted by molar-refractivity contribution is 0.0754. The number of nitrogens with zero attached hydrogens (tertiary/aromatic N) is 3. The Morgan fingerprint density at radius 3 is 2.60 bits per heavy atom. The maximum atomic E-state index is 11.5. The lowest BCUT2D eigenvalue weighted by atomic mass is 9.75. The highest BCUT2D eigenvalue weighted by atomic mass is 16.3. The van der Waals surface area contributed by atoms with Crippen LogP contribution in [-0.4, -0.2) is 19.5 Å². The summed E-state index contributed by atoms with van der Waals surface area (Å²) < 4.78 is 2.12. The highest BCUT2D eigenvalue weighted by molar-refractivity contribution is 5.79. The topological polar surface area (TPSA) is 50.4 Å². The van der Waals surface area contributed by atoms with Crippen LogP contribution in [0.25, 0.3) is 16.4 Å². The summed E-state index contributed by atoms with van der Waals surface area (Å²) in [5, 5.41) is 12.7. The van der Waals surface area contributed by atoms with Crippen LogP contribution in [0, 0.1) is 5.92 Å². The molecule has 2 aliphatic carbocycles. The Labute approximate surface area is 176 Å². The van der Waals surface area contributed by atoms with Gasteiger partial charge in [-0.3, -0.25) is 4.98 Å². The fourth-order valence-corrected chi connectivity index (χ4v) is 5.41. The minimum Gasteiger partial charge on any atom is -0.387 e. The summed E-state index contributed by atoms with van der Waals surface area (Å²) in [5.41, 5.74) is 5.97. The molecule has 0 amide bonds. The number of aliphatic hydroxyl groups is 1. The Kier molecular flexibility index (Phi) is 4.34. The van der Waals surface area contributed by atoms with Crippen molar-refractivity contribution < 1.29 is 5.11 Å². The lowest BCUT2D eigenvalue weighted by Crippen LogP contribution is -2.22. The summed E-state index contributed by atoms with van der Waals surface area (Å²) in [6, 6.07) is 15.2. The van der Waals surface area contributed by atoms with Crippen LogP contribution in [0.3, 0.4) is 0 Å². The maximum Gasteiger partial charge on any atom is 0.0995 e. The van der Waals surface area contributed by atoms with Crippen LogP contribution in [0.5, 0.6) is 0 Å². The minimum atomic E-state index is -0.419. The zero-order valence-electron chi connectivity index (χ0n) is 17.1. The molecule has 6 rings (SSSR count). The molecule has 3 aromatic heterocycles. The molecule has 0 spiro atoms. The molecule has 1 aromatic carbocycles. The van der Waals surface area contributed by atoms with Gasteiger partial charge in [0, 0.05) is 11.6 Å². The van der Waals surface area contributed by atoms with E-state index in [1.807, 2.05) is 24.8 Å². The fourth-order valence-electron chi connectivity index (χ4n) is 5.41. The van der Waals surface area contributed by atoms with Gasteiger partial charge in [0.05, 0.1) is 35.4 Å². The molecule has 0 bridgehead atoms. The van der Waals surface area contributed by atoms with Crippen molar-refractivity contribution in [1.29, 1.82) is 0 Å². The van der Waals surface area contributed by atoms with E-state index in [1.165, 1.54) is 29.4 Å². The van der Waals surface area contributed by atoms with Gasteiger partial charge in [-0.25, -0.2) is 4.98 Å². The van der Waals surface area contributed by atoms with E-state index in [1.54, 1.807) is 0 Å². The smallest absolute Gasteiger partial charge is 0.0995 e. The lowest BCUT2D eigenvalue weighted by Gasteiger charge is -2.33. The number of benzene rings is 1. The molecule has 1 N–H and O–H groups in total. The number of aliphatic hydroxyl groups excluding tert-OH is 1. The van der Waals surface area contributed by atoms with Crippen molar-refractivity contribution in [2.24, 2.45) is 5.92 Å². The molecule has 3 heterocycles. The molecule has 30 heavy (non-hydrogen) atoms.